The van der Waals surface area contributed by atoms with Gasteiger partial charge >= 0.3 is 83.5 Å². The summed E-state index contributed by atoms with van der Waals surface area (Å²) in [6.45, 7) is -1.34. The highest BCUT2D eigenvalue weighted by Gasteiger charge is 2.92. The Morgan fingerprint density at radius 2 is 0.547 bits per heavy atom. The Labute approximate surface area is 276 Å². The first-order chi connectivity index (χ1) is 22.9. The van der Waals surface area contributed by atoms with Gasteiger partial charge in [-0.2, -0.15) is 114 Å². The lowest BCUT2D eigenvalue weighted by Crippen LogP contribution is -2.70. The molecule has 0 aliphatic carbocycles. The predicted octanol–water partition coefficient (Wildman–Crippen LogP) is 10.1. The van der Waals surface area contributed by atoms with Crippen molar-refractivity contribution in [1.29, 1.82) is 0 Å². The zero-order valence-electron chi connectivity index (χ0n) is 25.2. The molecule has 0 amide bonds. The first kappa shape index (κ1) is 50.1. The fourth-order valence-electron chi connectivity index (χ4n) is 3.81. The van der Waals surface area contributed by atoms with E-state index in [0.29, 0.717) is 13.8 Å². The Kier molecular flexibility index (Phi) is 13.5. The number of hydrogen-bond acceptors (Lipinski definition) is 4. The van der Waals surface area contributed by atoms with Gasteiger partial charge < -0.3 is 9.47 Å². The molecular weight excluding hydrogens is 834 g/mol. The average molecular weight is 852 g/mol. The minimum atomic E-state index is -8.52. The first-order valence-electron chi connectivity index (χ1n) is 13.1. The van der Waals surface area contributed by atoms with Crippen LogP contribution in [-0.4, -0.2) is 96.7 Å². The Morgan fingerprint density at radius 3 is 0.736 bits per heavy atom. The van der Waals surface area contributed by atoms with Crippen LogP contribution in [-0.2, 0) is 19.1 Å². The number of carbonyl (C=O) groups excluding carboxylic acids is 2. The molecule has 316 valence electrons. The minimum absolute atomic E-state index is 0.603. The lowest BCUT2D eigenvalue weighted by Gasteiger charge is -2.41. The summed E-state index contributed by atoms with van der Waals surface area (Å²) >= 11 is 0. The van der Waals surface area contributed by atoms with Crippen molar-refractivity contribution in [2.75, 3.05) is 13.2 Å². The third-order valence-corrected chi connectivity index (χ3v) is 7.06. The van der Waals surface area contributed by atoms with Gasteiger partial charge in [-0.1, -0.05) is 0 Å². The molecule has 0 radical (unpaired) electrons. The zero-order chi connectivity index (χ0) is 43.3. The van der Waals surface area contributed by atoms with Crippen molar-refractivity contribution in [1.82, 2.24) is 0 Å². The predicted molar refractivity (Wildman–Crippen MR) is 116 cm³/mol. The van der Waals surface area contributed by atoms with Crippen LogP contribution in [0.3, 0.4) is 0 Å². The highest BCUT2D eigenvalue weighted by Crippen LogP contribution is 2.63. The second-order valence-electron chi connectivity index (χ2n) is 10.5. The summed E-state index contributed by atoms with van der Waals surface area (Å²) in [5.74, 6) is -87.1. The summed E-state index contributed by atoms with van der Waals surface area (Å²) in [7, 11) is 0. The van der Waals surface area contributed by atoms with Gasteiger partial charge in [-0.15, -0.1) is 0 Å². The maximum Gasteiger partial charge on any atom is 0.460 e. The largest absolute Gasteiger partial charge is 0.465 e. The Morgan fingerprint density at radius 1 is 0.340 bits per heavy atom. The number of alkyl halides is 26. The molecule has 0 fully saturated rings. The van der Waals surface area contributed by atoms with E-state index in [-0.39, 0.29) is 0 Å². The fraction of sp³-hybridized carbons (Fsp3) is 0.913. The van der Waals surface area contributed by atoms with Crippen molar-refractivity contribution in [3.63, 3.8) is 0 Å². The topological polar surface area (TPSA) is 52.6 Å². The lowest BCUT2D eigenvalue weighted by molar-refractivity contribution is -0.440. The van der Waals surface area contributed by atoms with Crippen LogP contribution in [0.1, 0.15) is 39.5 Å². The molecule has 0 saturated carbocycles. The van der Waals surface area contributed by atoms with E-state index in [2.05, 4.69) is 9.47 Å². The second-order valence-corrected chi connectivity index (χ2v) is 10.5. The van der Waals surface area contributed by atoms with Crippen LogP contribution in [0.15, 0.2) is 0 Å². The molecule has 0 aromatic rings. The Hall–Kier alpha value is -2.88. The van der Waals surface area contributed by atoms with Crippen LogP contribution in [0.25, 0.3) is 0 Å². The molecule has 4 nitrogen and oxygen atoms in total. The van der Waals surface area contributed by atoms with E-state index < -0.39 is 128 Å². The molecule has 0 unspecified atom stereocenters. The Bertz CT molecular complexity index is 1200. The number of ether oxygens (including phenoxy) is 2. The summed E-state index contributed by atoms with van der Waals surface area (Å²) in [5, 5.41) is 0. The van der Waals surface area contributed by atoms with Crippen molar-refractivity contribution >= 4 is 11.9 Å². The van der Waals surface area contributed by atoms with Crippen molar-refractivity contribution in [2.45, 2.75) is 111 Å². The van der Waals surface area contributed by atoms with Gasteiger partial charge in [-0.3, -0.25) is 9.59 Å². The molecule has 0 aliphatic heterocycles. The molecule has 0 N–H and O–H groups in total. The van der Waals surface area contributed by atoms with Crippen LogP contribution in [0.5, 0.6) is 0 Å². The van der Waals surface area contributed by atoms with Gasteiger partial charge in [-0.25, -0.2) is 0 Å². The maximum atomic E-state index is 14.5. The highest BCUT2D eigenvalue weighted by atomic mass is 19.4. The Balaban J connectivity index is 7.34. The van der Waals surface area contributed by atoms with Gasteiger partial charge in [-0.05, 0) is 26.7 Å². The van der Waals surface area contributed by atoms with E-state index in [4.69, 9.17) is 0 Å². The van der Waals surface area contributed by atoms with Crippen molar-refractivity contribution in [3.8, 4) is 0 Å². The van der Waals surface area contributed by atoms with E-state index >= 15 is 0 Å². The van der Waals surface area contributed by atoms with Gasteiger partial charge in [0, 0.05) is 12.8 Å². The van der Waals surface area contributed by atoms with E-state index in [1.807, 2.05) is 0 Å². The number of hydrogen-bond donors (Lipinski definition) is 0. The molecule has 0 aromatic heterocycles. The van der Waals surface area contributed by atoms with Gasteiger partial charge in [0.25, 0.3) is 0 Å². The monoisotopic (exact) mass is 852 g/mol. The van der Waals surface area contributed by atoms with Crippen LogP contribution >= 0.6 is 0 Å². The molecule has 0 aromatic carbocycles. The summed E-state index contributed by atoms with van der Waals surface area (Å²) in [6.07, 6.45) is -29.2. The molecule has 0 rings (SSSR count). The third-order valence-electron chi connectivity index (χ3n) is 7.06. The summed E-state index contributed by atoms with van der Waals surface area (Å²) in [4.78, 5) is 25.1. The van der Waals surface area contributed by atoms with Crippen LogP contribution < -0.4 is 0 Å². The van der Waals surface area contributed by atoms with Crippen molar-refractivity contribution in [3.05, 3.63) is 0 Å². The molecule has 0 saturated heterocycles. The first-order valence-corrected chi connectivity index (χ1v) is 13.1. The molecular formula is C23H18F26O4. The standard InChI is InChI=1S/C23H18F26O4/c1-3-52-9(50)11(10(51)53-4-2,5-7-12(24,25)14(28,29)16(32,33)18(36,37)20(40,41)22(44,45)46)6-8-13(26,27)15(30,31)17(34,35)19(38,39)21(42,43)23(47,48)49/h3-8H2,1-2H3. The summed E-state index contributed by atoms with van der Waals surface area (Å²) in [5.41, 5.74) is -4.55. The van der Waals surface area contributed by atoms with Crippen molar-refractivity contribution < 1.29 is 133 Å². The number of esters is 2. The number of halogens is 26. The zero-order valence-corrected chi connectivity index (χ0v) is 25.2. The SMILES string of the molecule is CCOC(=O)C(CCC(F)(F)C(F)(F)C(F)(F)C(F)(F)C(F)(F)C(F)(F)F)(CCC(F)(F)C(F)(F)C(F)(F)C(F)(F)C(F)(F)C(F)(F)F)C(=O)OCC. The second kappa shape index (κ2) is 14.3. The minimum Gasteiger partial charge on any atom is -0.465 e. The molecule has 0 aliphatic rings. The van der Waals surface area contributed by atoms with Gasteiger partial charge in [0.2, 0.25) is 0 Å². The van der Waals surface area contributed by atoms with Crippen LogP contribution in [0, 0.1) is 5.41 Å². The number of carbonyl (C=O) groups is 2. The summed E-state index contributed by atoms with van der Waals surface area (Å²) in [6, 6.07) is 0. The molecule has 0 atom stereocenters. The highest BCUT2D eigenvalue weighted by molar-refractivity contribution is 6.00. The molecule has 30 heteroatoms. The average Bonchev–Trinajstić information content (AvgIpc) is 2.95. The summed E-state index contributed by atoms with van der Waals surface area (Å²) < 4.78 is 359. The number of rotatable bonds is 18. The molecule has 0 heterocycles. The maximum absolute atomic E-state index is 14.5. The smallest absolute Gasteiger partial charge is 0.460 e. The van der Waals surface area contributed by atoms with Crippen LogP contribution in [0.2, 0.25) is 0 Å². The quantitative estimate of drug-likeness (QED) is 0.0783. The lowest BCUT2D eigenvalue weighted by atomic mass is 9.75. The van der Waals surface area contributed by atoms with E-state index in [1.165, 1.54) is 0 Å². The van der Waals surface area contributed by atoms with Gasteiger partial charge in [0.1, 0.15) is 0 Å². The third kappa shape index (κ3) is 7.69. The van der Waals surface area contributed by atoms with Gasteiger partial charge in [0.15, 0.2) is 5.41 Å². The molecule has 0 spiro atoms. The van der Waals surface area contributed by atoms with E-state index in [0.717, 1.165) is 0 Å². The van der Waals surface area contributed by atoms with Crippen LogP contribution in [0.4, 0.5) is 114 Å². The fourth-order valence-corrected chi connectivity index (χ4v) is 3.81. The molecule has 0 bridgehead atoms. The normalized spacial score (nSPS) is 15.8. The molecule has 53 heavy (non-hydrogen) atoms. The van der Waals surface area contributed by atoms with Gasteiger partial charge in [0.05, 0.1) is 13.2 Å². The van der Waals surface area contributed by atoms with E-state index in [1.54, 1.807) is 0 Å². The van der Waals surface area contributed by atoms with Crippen molar-refractivity contribution in [2.24, 2.45) is 5.41 Å². The van der Waals surface area contributed by atoms with E-state index in [9.17, 15) is 124 Å².